The van der Waals surface area contributed by atoms with Gasteiger partial charge in [0.15, 0.2) is 0 Å². The van der Waals surface area contributed by atoms with Crippen LogP contribution in [0.5, 0.6) is 0 Å². The molecule has 1 aliphatic heterocycles. The van der Waals surface area contributed by atoms with E-state index in [4.69, 9.17) is 5.11 Å². The number of aliphatic hydroxyl groups excluding tert-OH is 1. The molecule has 2 N–H and O–H groups in total. The fourth-order valence-corrected chi connectivity index (χ4v) is 2.62. The summed E-state index contributed by atoms with van der Waals surface area (Å²) in [4.78, 5) is 0. The SMILES string of the molecule is CC(C)(C)c1ccc2c(c1)C[C@H](CCCO)CN2. The summed E-state index contributed by atoms with van der Waals surface area (Å²) in [5.74, 6) is 0.667. The lowest BCUT2D eigenvalue weighted by atomic mass is 9.83. The standard InChI is InChI=1S/C16H25NO/c1-16(2,3)14-6-7-15-13(10-14)9-12(11-17-15)5-4-8-18/h6-7,10,12,17-18H,4-5,8-9,11H2,1-3H3/t12-/m0/s1. The van der Waals surface area contributed by atoms with E-state index in [0.29, 0.717) is 12.5 Å². The lowest BCUT2D eigenvalue weighted by Crippen LogP contribution is -2.24. The van der Waals surface area contributed by atoms with Crippen LogP contribution in [0.2, 0.25) is 0 Å². The van der Waals surface area contributed by atoms with Gasteiger partial charge in [0.2, 0.25) is 0 Å². The summed E-state index contributed by atoms with van der Waals surface area (Å²) in [6.45, 7) is 8.13. The van der Waals surface area contributed by atoms with E-state index in [1.54, 1.807) is 0 Å². The third-order valence-electron chi connectivity index (χ3n) is 3.83. The summed E-state index contributed by atoms with van der Waals surface area (Å²) in [5.41, 5.74) is 4.36. The second-order valence-electron chi connectivity index (χ2n) is 6.44. The molecule has 2 rings (SSSR count). The highest BCUT2D eigenvalue weighted by molar-refractivity contribution is 5.55. The van der Waals surface area contributed by atoms with Crippen molar-refractivity contribution in [3.63, 3.8) is 0 Å². The first kappa shape index (κ1) is 13.4. The van der Waals surface area contributed by atoms with Crippen LogP contribution in [-0.2, 0) is 11.8 Å². The van der Waals surface area contributed by atoms with E-state index >= 15 is 0 Å². The van der Waals surface area contributed by atoms with Crippen LogP contribution in [0.25, 0.3) is 0 Å². The third kappa shape index (κ3) is 3.05. The van der Waals surface area contributed by atoms with Gasteiger partial charge in [0, 0.05) is 18.8 Å². The Morgan fingerprint density at radius 3 is 2.78 bits per heavy atom. The Balaban J connectivity index is 2.14. The molecule has 1 aliphatic rings. The molecule has 0 radical (unpaired) electrons. The molecule has 2 heteroatoms. The van der Waals surface area contributed by atoms with E-state index in [1.807, 2.05) is 0 Å². The molecule has 18 heavy (non-hydrogen) atoms. The summed E-state index contributed by atoms with van der Waals surface area (Å²) in [6.07, 6.45) is 3.18. The molecule has 100 valence electrons. The Kier molecular flexibility index (Phi) is 3.96. The highest BCUT2D eigenvalue weighted by atomic mass is 16.2. The molecular weight excluding hydrogens is 222 g/mol. The van der Waals surface area contributed by atoms with E-state index in [1.165, 1.54) is 16.8 Å². The van der Waals surface area contributed by atoms with Crippen LogP contribution in [0.3, 0.4) is 0 Å². The molecule has 0 aromatic heterocycles. The molecule has 0 fully saturated rings. The molecule has 0 saturated heterocycles. The molecule has 1 heterocycles. The molecule has 1 aromatic carbocycles. The van der Waals surface area contributed by atoms with E-state index in [9.17, 15) is 0 Å². The largest absolute Gasteiger partial charge is 0.396 e. The average Bonchev–Trinajstić information content (AvgIpc) is 2.34. The Hall–Kier alpha value is -1.02. The fourth-order valence-electron chi connectivity index (χ4n) is 2.62. The maximum Gasteiger partial charge on any atom is 0.0431 e. The van der Waals surface area contributed by atoms with Crippen LogP contribution in [0.1, 0.15) is 44.7 Å². The quantitative estimate of drug-likeness (QED) is 0.858. The predicted molar refractivity (Wildman–Crippen MR) is 77.1 cm³/mol. The zero-order chi connectivity index (χ0) is 13.2. The Bertz CT molecular complexity index is 406. The molecule has 1 atom stereocenters. The third-order valence-corrected chi connectivity index (χ3v) is 3.83. The van der Waals surface area contributed by atoms with Crippen molar-refractivity contribution in [2.45, 2.75) is 45.4 Å². The maximum atomic E-state index is 8.92. The number of anilines is 1. The van der Waals surface area contributed by atoms with Crippen molar-refractivity contribution in [1.29, 1.82) is 0 Å². The van der Waals surface area contributed by atoms with E-state index < -0.39 is 0 Å². The highest BCUT2D eigenvalue weighted by Gasteiger charge is 2.20. The summed E-state index contributed by atoms with van der Waals surface area (Å²) >= 11 is 0. The maximum absolute atomic E-state index is 8.92. The van der Waals surface area contributed by atoms with Gasteiger partial charge in [0.25, 0.3) is 0 Å². The van der Waals surface area contributed by atoms with Crippen molar-refractivity contribution in [2.24, 2.45) is 5.92 Å². The molecule has 0 bridgehead atoms. The van der Waals surface area contributed by atoms with Crippen molar-refractivity contribution < 1.29 is 5.11 Å². The molecule has 2 nitrogen and oxygen atoms in total. The van der Waals surface area contributed by atoms with E-state index in [-0.39, 0.29) is 5.41 Å². The van der Waals surface area contributed by atoms with Gasteiger partial charge in [-0.25, -0.2) is 0 Å². The normalized spacial score (nSPS) is 19.2. The minimum Gasteiger partial charge on any atom is -0.396 e. The smallest absolute Gasteiger partial charge is 0.0431 e. The molecule has 0 saturated carbocycles. The van der Waals surface area contributed by atoms with Gasteiger partial charge in [-0.2, -0.15) is 0 Å². The van der Waals surface area contributed by atoms with Crippen molar-refractivity contribution in [2.75, 3.05) is 18.5 Å². The lowest BCUT2D eigenvalue weighted by molar-refractivity contribution is 0.272. The van der Waals surface area contributed by atoms with Gasteiger partial charge < -0.3 is 10.4 Å². The summed E-state index contributed by atoms with van der Waals surface area (Å²) in [5, 5.41) is 12.4. The van der Waals surface area contributed by atoms with Gasteiger partial charge in [-0.15, -0.1) is 0 Å². The summed E-state index contributed by atoms with van der Waals surface area (Å²) in [6, 6.07) is 6.81. The Morgan fingerprint density at radius 2 is 2.11 bits per heavy atom. The van der Waals surface area contributed by atoms with E-state index in [2.05, 4.69) is 44.3 Å². The zero-order valence-corrected chi connectivity index (χ0v) is 11.8. The van der Waals surface area contributed by atoms with Gasteiger partial charge in [-0.05, 0) is 47.8 Å². The number of hydrogen-bond donors (Lipinski definition) is 2. The first-order valence-corrected chi connectivity index (χ1v) is 6.99. The molecular formula is C16H25NO. The van der Waals surface area contributed by atoms with E-state index in [0.717, 1.165) is 25.8 Å². The zero-order valence-electron chi connectivity index (χ0n) is 11.8. The average molecular weight is 247 g/mol. The second kappa shape index (κ2) is 5.31. The van der Waals surface area contributed by atoms with Crippen molar-refractivity contribution in [3.05, 3.63) is 29.3 Å². The van der Waals surface area contributed by atoms with Crippen LogP contribution < -0.4 is 5.32 Å². The minimum absolute atomic E-state index is 0.215. The molecule has 0 unspecified atom stereocenters. The highest BCUT2D eigenvalue weighted by Crippen LogP contribution is 2.31. The van der Waals surface area contributed by atoms with Crippen LogP contribution in [0.4, 0.5) is 5.69 Å². The minimum atomic E-state index is 0.215. The molecule has 0 aliphatic carbocycles. The van der Waals surface area contributed by atoms with Gasteiger partial charge in [0.05, 0.1) is 0 Å². The topological polar surface area (TPSA) is 32.3 Å². The Labute approximate surface area is 110 Å². The number of fused-ring (bicyclic) bond motifs is 1. The van der Waals surface area contributed by atoms with Crippen LogP contribution in [0.15, 0.2) is 18.2 Å². The molecule has 0 amide bonds. The number of hydrogen-bond acceptors (Lipinski definition) is 2. The lowest BCUT2D eigenvalue weighted by Gasteiger charge is -2.28. The van der Waals surface area contributed by atoms with Gasteiger partial charge in [-0.3, -0.25) is 0 Å². The van der Waals surface area contributed by atoms with Crippen molar-refractivity contribution in [1.82, 2.24) is 0 Å². The van der Waals surface area contributed by atoms with Crippen LogP contribution >= 0.6 is 0 Å². The fraction of sp³-hybridized carbons (Fsp3) is 0.625. The second-order valence-corrected chi connectivity index (χ2v) is 6.44. The monoisotopic (exact) mass is 247 g/mol. The molecule has 1 aromatic rings. The van der Waals surface area contributed by atoms with Gasteiger partial charge in [0.1, 0.15) is 0 Å². The number of benzene rings is 1. The molecule has 0 spiro atoms. The first-order valence-electron chi connectivity index (χ1n) is 6.99. The van der Waals surface area contributed by atoms with Gasteiger partial charge >= 0.3 is 0 Å². The van der Waals surface area contributed by atoms with Crippen LogP contribution in [0, 0.1) is 5.92 Å². The Morgan fingerprint density at radius 1 is 1.33 bits per heavy atom. The van der Waals surface area contributed by atoms with Crippen LogP contribution in [-0.4, -0.2) is 18.3 Å². The number of nitrogens with one attached hydrogen (secondary N) is 1. The van der Waals surface area contributed by atoms with Crippen molar-refractivity contribution >= 4 is 5.69 Å². The summed E-state index contributed by atoms with van der Waals surface area (Å²) in [7, 11) is 0. The number of aliphatic hydroxyl groups is 1. The number of rotatable bonds is 3. The van der Waals surface area contributed by atoms with Crippen molar-refractivity contribution in [3.8, 4) is 0 Å². The van der Waals surface area contributed by atoms with Gasteiger partial charge in [-0.1, -0.05) is 32.9 Å². The first-order chi connectivity index (χ1) is 8.50. The summed E-state index contributed by atoms with van der Waals surface area (Å²) < 4.78 is 0. The predicted octanol–water partition coefficient (Wildman–Crippen LogP) is 3.34.